The summed E-state index contributed by atoms with van der Waals surface area (Å²) in [6.45, 7) is 0.366. The largest absolute Gasteiger partial charge is 0.494 e. The van der Waals surface area contributed by atoms with Gasteiger partial charge in [-0.3, -0.25) is 9.55 Å². The summed E-state index contributed by atoms with van der Waals surface area (Å²) < 4.78 is 85.8. The number of methoxy groups -OCH3 is 1. The number of imidazole rings is 1. The van der Waals surface area contributed by atoms with Gasteiger partial charge in [0.2, 0.25) is 0 Å². The molecule has 3 aromatic heterocycles. The van der Waals surface area contributed by atoms with E-state index in [1.165, 1.54) is 40.2 Å². The van der Waals surface area contributed by atoms with Gasteiger partial charge in [0.1, 0.15) is 30.1 Å². The number of hydrogen-bond donors (Lipinski definition) is 3. The van der Waals surface area contributed by atoms with Gasteiger partial charge in [-0.25, -0.2) is 32.5 Å². The first-order valence-corrected chi connectivity index (χ1v) is 15.8. The van der Waals surface area contributed by atoms with Crippen LogP contribution in [0.3, 0.4) is 0 Å². The first-order valence-electron chi connectivity index (χ1n) is 14.0. The van der Waals surface area contributed by atoms with Crippen LogP contribution >= 0.6 is 7.60 Å². The fraction of sp³-hybridized carbons (Fsp3) is 0.429. The first-order chi connectivity index (χ1) is 21.9. The lowest BCUT2D eigenvalue weighted by atomic mass is 9.84. The summed E-state index contributed by atoms with van der Waals surface area (Å²) in [4.78, 5) is 19.1. The van der Waals surface area contributed by atoms with Gasteiger partial charge in [0.15, 0.2) is 23.0 Å². The Morgan fingerprint density at radius 3 is 2.57 bits per heavy atom. The van der Waals surface area contributed by atoms with Crippen molar-refractivity contribution in [3.8, 4) is 17.0 Å². The molecule has 1 aliphatic rings. The van der Waals surface area contributed by atoms with Crippen molar-refractivity contribution in [1.29, 1.82) is 0 Å². The molecule has 0 bridgehead atoms. The summed E-state index contributed by atoms with van der Waals surface area (Å²) in [7, 11) is 0.310. The number of pyridine rings is 1. The van der Waals surface area contributed by atoms with E-state index >= 15 is 4.39 Å². The molecule has 46 heavy (non-hydrogen) atoms. The van der Waals surface area contributed by atoms with Gasteiger partial charge >= 0.3 is 7.60 Å². The third kappa shape index (κ3) is 6.64. The summed E-state index contributed by atoms with van der Waals surface area (Å²) >= 11 is 0. The fourth-order valence-electron chi connectivity index (χ4n) is 5.42. The lowest BCUT2D eigenvalue weighted by molar-refractivity contribution is -0.0529. The summed E-state index contributed by atoms with van der Waals surface area (Å²) in [5.41, 5.74) is 6.36. The van der Waals surface area contributed by atoms with Crippen molar-refractivity contribution >= 4 is 30.3 Å². The average Bonchev–Trinajstić information content (AvgIpc) is 3.47. The molecule has 5 rings (SSSR count). The fourth-order valence-corrected chi connectivity index (χ4v) is 6.18. The number of ether oxygens (including phenoxy) is 1. The van der Waals surface area contributed by atoms with Crippen molar-refractivity contribution in [2.75, 3.05) is 50.9 Å². The van der Waals surface area contributed by atoms with Crippen molar-refractivity contribution in [2.45, 2.75) is 37.5 Å². The Hall–Kier alpha value is -3.89. The molecule has 4 heterocycles. The number of benzene rings is 1. The summed E-state index contributed by atoms with van der Waals surface area (Å²) in [6, 6.07) is 3.44. The number of aliphatic hydroxyl groups is 1. The van der Waals surface area contributed by atoms with Crippen molar-refractivity contribution in [2.24, 2.45) is 5.73 Å². The molecular weight excluding hydrogens is 635 g/mol. The van der Waals surface area contributed by atoms with E-state index in [0.29, 0.717) is 35.4 Å². The van der Waals surface area contributed by atoms with E-state index in [-0.39, 0.29) is 48.6 Å². The van der Waals surface area contributed by atoms with Crippen LogP contribution in [-0.2, 0) is 20.2 Å². The van der Waals surface area contributed by atoms with Crippen LogP contribution in [0, 0.1) is 11.6 Å². The predicted octanol–water partition coefficient (Wildman–Crippen LogP) is 4.00. The second-order valence-electron chi connectivity index (χ2n) is 10.8. The van der Waals surface area contributed by atoms with Crippen LogP contribution in [0.15, 0.2) is 37.1 Å². The van der Waals surface area contributed by atoms with Gasteiger partial charge in [0.05, 0.1) is 43.1 Å². The second-order valence-corrected chi connectivity index (χ2v) is 13.0. The number of nitrogens with one attached hydrogen (secondary N) is 1. The number of nitrogens with two attached hydrogens (primary N) is 1. The molecule has 2 atom stereocenters. The van der Waals surface area contributed by atoms with Gasteiger partial charge in [-0.15, -0.1) is 0 Å². The smallest absolute Gasteiger partial charge is 0.349 e. The van der Waals surface area contributed by atoms with Crippen molar-refractivity contribution in [1.82, 2.24) is 24.5 Å². The lowest BCUT2D eigenvalue weighted by Crippen LogP contribution is -2.63. The molecular formula is C28H33F4N8O5P. The maximum atomic E-state index is 15.1. The van der Waals surface area contributed by atoms with Crippen molar-refractivity contribution in [3.63, 3.8) is 0 Å². The average molecular weight is 669 g/mol. The number of halogens is 4. The summed E-state index contributed by atoms with van der Waals surface area (Å²) in [6.07, 6.45) is -0.526. The summed E-state index contributed by atoms with van der Waals surface area (Å²) in [5.74, 6) is -1.58. The molecule has 0 spiro atoms. The van der Waals surface area contributed by atoms with Crippen LogP contribution in [-0.4, -0.2) is 88.4 Å². The highest BCUT2D eigenvalue weighted by Crippen LogP contribution is 2.46. The van der Waals surface area contributed by atoms with Crippen LogP contribution in [0.2, 0.25) is 0 Å². The zero-order chi connectivity index (χ0) is 33.2. The Labute approximate surface area is 261 Å². The number of aromatic nitrogens is 5. The first kappa shape index (κ1) is 33.5. The molecule has 248 valence electrons. The highest BCUT2D eigenvalue weighted by molar-refractivity contribution is 7.53. The molecule has 18 heteroatoms. The third-order valence-electron chi connectivity index (χ3n) is 7.95. The van der Waals surface area contributed by atoms with Crippen LogP contribution in [0.25, 0.3) is 22.4 Å². The molecule has 4 aromatic rings. The molecule has 0 saturated carbocycles. The van der Waals surface area contributed by atoms with Gasteiger partial charge in [-0.05, 0) is 30.5 Å². The minimum Gasteiger partial charge on any atom is -0.494 e. The minimum absolute atomic E-state index is 0.0676. The van der Waals surface area contributed by atoms with Gasteiger partial charge in [-0.2, -0.15) is 0 Å². The number of fused-ring (bicyclic) bond motifs is 1. The van der Waals surface area contributed by atoms with Crippen LogP contribution in [0.4, 0.5) is 29.1 Å². The van der Waals surface area contributed by atoms with Gasteiger partial charge in [0.25, 0.3) is 6.43 Å². The van der Waals surface area contributed by atoms with Gasteiger partial charge in [0, 0.05) is 38.9 Å². The highest BCUT2D eigenvalue weighted by Gasteiger charge is 2.43. The Morgan fingerprint density at radius 1 is 1.11 bits per heavy atom. The molecule has 13 nitrogen and oxygen atoms in total. The van der Waals surface area contributed by atoms with E-state index in [0.717, 1.165) is 12.1 Å². The van der Waals surface area contributed by atoms with E-state index in [1.54, 1.807) is 15.5 Å². The molecule has 1 aliphatic heterocycles. The van der Waals surface area contributed by atoms with E-state index in [4.69, 9.17) is 19.5 Å². The van der Waals surface area contributed by atoms with Crippen molar-refractivity contribution in [3.05, 3.63) is 54.2 Å². The molecule has 0 aliphatic carbocycles. The molecule has 0 amide bonds. The maximum absolute atomic E-state index is 15.1. The summed E-state index contributed by atoms with van der Waals surface area (Å²) in [5, 5.41) is 13.1. The van der Waals surface area contributed by atoms with E-state index in [2.05, 4.69) is 25.3 Å². The normalized spacial score (nSPS) is 17.9. The van der Waals surface area contributed by atoms with Crippen molar-refractivity contribution < 1.29 is 41.0 Å². The number of anilines is 2. The molecule has 0 radical (unpaired) electrons. The molecule has 1 saturated heterocycles. The maximum Gasteiger partial charge on any atom is 0.349 e. The lowest BCUT2D eigenvalue weighted by Gasteiger charge is -2.44. The van der Waals surface area contributed by atoms with Crippen LogP contribution < -0.4 is 20.7 Å². The number of hydrogen-bond acceptors (Lipinski definition) is 12. The Kier molecular flexibility index (Phi) is 9.79. The van der Waals surface area contributed by atoms with Gasteiger partial charge in [-0.1, -0.05) is 0 Å². The number of alkyl halides is 2. The standard InChI is InChI=1S/C28H33F4N8O5P/c1-43-22-9-18(29)17(8-19(22)30)20-7-16(21(10-34-20)39-6-4-5-28(33,12-39)24(41)25(31)32)11-40-14-37-23-26(35-13-36-27(23)40)38-15-46(42,44-2)45-3/h7-10,13-14,24-25,41H,4-6,11-12,15,33H2,1-3H3,(H,35,36,38)/t24-,28-/m1/s1. The quantitative estimate of drug-likeness (QED) is 0.147. The number of nitrogens with zero attached hydrogens (tertiary/aromatic N) is 6. The molecule has 1 aromatic carbocycles. The van der Waals surface area contributed by atoms with Gasteiger partial charge < -0.3 is 39.4 Å². The molecule has 4 N–H and O–H groups in total. The second kappa shape index (κ2) is 13.5. The van der Waals surface area contributed by atoms with Crippen LogP contribution in [0.5, 0.6) is 5.75 Å². The molecule has 0 unspecified atom stereocenters. The zero-order valence-corrected chi connectivity index (χ0v) is 26.1. The van der Waals surface area contributed by atoms with E-state index < -0.39 is 37.3 Å². The van der Waals surface area contributed by atoms with E-state index in [1.807, 2.05) is 0 Å². The zero-order valence-electron chi connectivity index (χ0n) is 25.2. The van der Waals surface area contributed by atoms with E-state index in [9.17, 15) is 22.8 Å². The topological polar surface area (TPSA) is 163 Å². The highest BCUT2D eigenvalue weighted by atomic mass is 31.2. The number of piperidine rings is 1. The molecule has 1 fully saturated rings. The number of aliphatic hydroxyl groups excluding tert-OH is 1. The monoisotopic (exact) mass is 668 g/mol. The van der Waals surface area contributed by atoms with Crippen LogP contribution in [0.1, 0.15) is 18.4 Å². The Morgan fingerprint density at radius 2 is 1.87 bits per heavy atom. The Balaban J connectivity index is 1.56. The third-order valence-corrected chi connectivity index (χ3v) is 9.60. The SMILES string of the molecule is COc1cc(F)c(-c2cc(Cn3cnc4c(NCP(=O)(OC)OC)ncnc43)c(N3CCC[C@](N)([C@H](O)C(F)F)C3)cn2)cc1F. The minimum atomic E-state index is -3.43. The Bertz CT molecular complexity index is 1760. The predicted molar refractivity (Wildman–Crippen MR) is 161 cm³/mol. The number of rotatable bonds is 12.